The third-order valence-corrected chi connectivity index (χ3v) is 7.60. The Morgan fingerprint density at radius 1 is 1.25 bits per heavy atom. The summed E-state index contributed by atoms with van der Waals surface area (Å²) >= 11 is 0. The minimum absolute atomic E-state index is 0.152. The highest BCUT2D eigenvalue weighted by Crippen LogP contribution is 2.41. The lowest BCUT2D eigenvalue weighted by Crippen LogP contribution is -2.32. The van der Waals surface area contributed by atoms with Crippen LogP contribution in [0.3, 0.4) is 0 Å². The first-order valence-electron chi connectivity index (χ1n) is 8.16. The van der Waals surface area contributed by atoms with Gasteiger partial charge in [0.1, 0.15) is 4.75 Å². The number of nitrogens with zero attached hydrogens (tertiary/aromatic N) is 3. The van der Waals surface area contributed by atoms with Crippen LogP contribution in [0.5, 0.6) is 0 Å². The monoisotopic (exact) mass is 349 g/mol. The molecule has 2 aromatic rings. The van der Waals surface area contributed by atoms with Crippen molar-refractivity contribution in [2.45, 2.75) is 43.6 Å². The summed E-state index contributed by atoms with van der Waals surface area (Å²) < 4.78 is 29.3. The maximum atomic E-state index is 12.6. The average molecular weight is 349 g/mol. The number of hydrogen-bond acceptors (Lipinski definition) is 6. The van der Waals surface area contributed by atoms with Gasteiger partial charge in [-0.1, -0.05) is 5.16 Å². The lowest BCUT2D eigenvalue weighted by Gasteiger charge is -2.19. The van der Waals surface area contributed by atoms with Gasteiger partial charge in [-0.25, -0.2) is 8.42 Å². The van der Waals surface area contributed by atoms with Gasteiger partial charge in [-0.3, -0.25) is 0 Å². The Hall–Kier alpha value is -1.89. The van der Waals surface area contributed by atoms with Gasteiger partial charge in [0.25, 0.3) is 0 Å². The fourth-order valence-corrected chi connectivity index (χ4v) is 4.47. The fraction of sp³-hybridized carbons (Fsp3) is 0.529. The number of rotatable bonds is 6. The van der Waals surface area contributed by atoms with Gasteiger partial charge < -0.3 is 9.42 Å². The number of hydrogen-bond donors (Lipinski definition) is 0. The van der Waals surface area contributed by atoms with E-state index in [1.165, 1.54) is 0 Å². The van der Waals surface area contributed by atoms with Crippen molar-refractivity contribution in [3.63, 3.8) is 0 Å². The second kappa shape index (κ2) is 5.88. The van der Waals surface area contributed by atoms with Gasteiger partial charge in [-0.15, -0.1) is 0 Å². The molecule has 1 aliphatic rings. The van der Waals surface area contributed by atoms with Gasteiger partial charge in [0.2, 0.25) is 11.7 Å². The van der Waals surface area contributed by atoms with E-state index in [1.54, 1.807) is 13.8 Å². The number of benzene rings is 1. The van der Waals surface area contributed by atoms with Crippen LogP contribution in [0.1, 0.15) is 39.5 Å². The molecule has 0 amide bonds. The normalized spacial score (nSPS) is 15.5. The lowest BCUT2D eigenvalue weighted by atomic mass is 10.2. The van der Waals surface area contributed by atoms with Crippen molar-refractivity contribution in [1.29, 1.82) is 0 Å². The number of sulfone groups is 1. The maximum absolute atomic E-state index is 12.6. The van der Waals surface area contributed by atoms with Gasteiger partial charge in [0.15, 0.2) is 9.84 Å². The number of aromatic nitrogens is 2. The summed E-state index contributed by atoms with van der Waals surface area (Å²) in [6.45, 7) is 6.27. The Balaban J connectivity index is 1.88. The minimum atomic E-state index is -3.31. The van der Waals surface area contributed by atoms with Gasteiger partial charge in [0.05, 0.1) is 5.25 Å². The lowest BCUT2D eigenvalue weighted by molar-refractivity contribution is 0.347. The molecule has 3 rings (SSSR count). The molecular formula is C17H23N3O3S. The van der Waals surface area contributed by atoms with Crippen LogP contribution < -0.4 is 4.90 Å². The summed E-state index contributed by atoms with van der Waals surface area (Å²) in [7, 11) is -1.29. The Bertz CT molecular complexity index is 821. The molecule has 1 aromatic heterocycles. The van der Waals surface area contributed by atoms with Crippen LogP contribution in [-0.4, -0.2) is 37.4 Å². The molecule has 0 bridgehead atoms. The summed E-state index contributed by atoms with van der Waals surface area (Å²) in [6, 6.07) is 7.80. The van der Waals surface area contributed by atoms with Crippen molar-refractivity contribution in [2.75, 3.05) is 18.5 Å². The fourth-order valence-electron chi connectivity index (χ4n) is 2.55. The van der Waals surface area contributed by atoms with Crippen LogP contribution in [0.2, 0.25) is 0 Å². The van der Waals surface area contributed by atoms with Crippen LogP contribution in [0, 0.1) is 0 Å². The molecule has 0 N–H and O–H groups in total. The highest BCUT2D eigenvalue weighted by molar-refractivity contribution is 7.93. The molecule has 0 saturated heterocycles. The van der Waals surface area contributed by atoms with Crippen molar-refractivity contribution in [1.82, 2.24) is 10.1 Å². The molecule has 1 aromatic carbocycles. The molecule has 0 atom stereocenters. The molecule has 6 nitrogen and oxygen atoms in total. The quantitative estimate of drug-likeness (QED) is 0.798. The third-order valence-electron chi connectivity index (χ3n) is 4.66. The predicted molar refractivity (Wildman–Crippen MR) is 93.6 cm³/mol. The predicted octanol–water partition coefficient (Wildman–Crippen LogP) is 3.01. The van der Waals surface area contributed by atoms with Crippen LogP contribution >= 0.6 is 0 Å². The molecule has 1 aliphatic carbocycles. The second-order valence-electron chi connectivity index (χ2n) is 6.74. The molecule has 0 unspecified atom stereocenters. The van der Waals surface area contributed by atoms with E-state index in [-0.39, 0.29) is 11.1 Å². The van der Waals surface area contributed by atoms with Crippen LogP contribution in [0.15, 0.2) is 28.8 Å². The summed E-state index contributed by atoms with van der Waals surface area (Å²) in [4.78, 5) is 6.47. The van der Waals surface area contributed by atoms with Crippen molar-refractivity contribution < 1.29 is 12.9 Å². The molecule has 130 valence electrons. The summed E-state index contributed by atoms with van der Waals surface area (Å²) in [5.41, 5.74) is 1.90. The topological polar surface area (TPSA) is 76.3 Å². The van der Waals surface area contributed by atoms with Crippen LogP contribution in [0.4, 0.5) is 5.69 Å². The highest BCUT2D eigenvalue weighted by Gasteiger charge is 2.50. The molecule has 0 radical (unpaired) electrons. The second-order valence-corrected chi connectivity index (χ2v) is 9.52. The Kier molecular flexibility index (Phi) is 4.15. The van der Waals surface area contributed by atoms with Gasteiger partial charge in [-0.2, -0.15) is 4.98 Å². The van der Waals surface area contributed by atoms with E-state index in [4.69, 9.17) is 4.52 Å². The SMILES string of the molecule is CCN(C)c1ccc(-c2noc(C(C)(C)S(=O)(=O)C3CC3)n2)cc1. The largest absolute Gasteiger partial charge is 0.375 e. The Morgan fingerprint density at radius 2 is 1.88 bits per heavy atom. The highest BCUT2D eigenvalue weighted by atomic mass is 32.2. The zero-order chi connectivity index (χ0) is 17.5. The van der Waals surface area contributed by atoms with Crippen molar-refractivity contribution >= 4 is 15.5 Å². The molecule has 0 aliphatic heterocycles. The number of anilines is 1. The maximum Gasteiger partial charge on any atom is 0.247 e. The van der Waals surface area contributed by atoms with Crippen LogP contribution in [0.25, 0.3) is 11.4 Å². The van der Waals surface area contributed by atoms with Gasteiger partial charge >= 0.3 is 0 Å². The molecule has 1 heterocycles. The first-order valence-corrected chi connectivity index (χ1v) is 9.71. The van der Waals surface area contributed by atoms with Crippen LogP contribution in [-0.2, 0) is 14.6 Å². The molecule has 1 fully saturated rings. The average Bonchev–Trinajstić information content (AvgIpc) is 3.31. The zero-order valence-corrected chi connectivity index (χ0v) is 15.3. The summed E-state index contributed by atoms with van der Waals surface area (Å²) in [6.07, 6.45) is 1.44. The smallest absolute Gasteiger partial charge is 0.247 e. The standard InChI is InChI=1S/C17H23N3O3S/c1-5-20(4)13-8-6-12(7-9-13)15-18-16(23-19-15)17(2,3)24(21,22)14-10-11-14/h6-9,14H,5,10-11H2,1-4H3. The molecule has 1 saturated carbocycles. The molecule has 24 heavy (non-hydrogen) atoms. The van der Waals surface area contributed by atoms with E-state index in [0.717, 1.165) is 30.6 Å². The van der Waals surface area contributed by atoms with Crippen molar-refractivity contribution in [3.8, 4) is 11.4 Å². The van der Waals surface area contributed by atoms with E-state index in [2.05, 4.69) is 22.0 Å². The van der Waals surface area contributed by atoms with Gasteiger partial charge in [0, 0.05) is 24.8 Å². The van der Waals surface area contributed by atoms with E-state index < -0.39 is 14.6 Å². The first-order chi connectivity index (χ1) is 11.3. The van der Waals surface area contributed by atoms with E-state index in [9.17, 15) is 8.42 Å². The molecular weight excluding hydrogens is 326 g/mol. The molecule has 7 heteroatoms. The van der Waals surface area contributed by atoms with E-state index in [1.807, 2.05) is 31.3 Å². The minimum Gasteiger partial charge on any atom is -0.375 e. The van der Waals surface area contributed by atoms with E-state index >= 15 is 0 Å². The molecule has 0 spiro atoms. The van der Waals surface area contributed by atoms with Crippen molar-refractivity contribution in [3.05, 3.63) is 30.2 Å². The van der Waals surface area contributed by atoms with Gasteiger partial charge in [-0.05, 0) is 57.9 Å². The summed E-state index contributed by atoms with van der Waals surface area (Å²) in [5.74, 6) is 0.564. The first kappa shape index (κ1) is 17.0. The Labute approximate surface area is 142 Å². The van der Waals surface area contributed by atoms with E-state index in [0.29, 0.717) is 5.82 Å². The summed E-state index contributed by atoms with van der Waals surface area (Å²) in [5, 5.41) is 3.70. The third kappa shape index (κ3) is 2.81. The van der Waals surface area contributed by atoms with Crippen molar-refractivity contribution in [2.24, 2.45) is 0 Å². The Morgan fingerprint density at radius 3 is 2.42 bits per heavy atom. The zero-order valence-electron chi connectivity index (χ0n) is 14.5.